The van der Waals surface area contributed by atoms with Crippen molar-refractivity contribution in [1.29, 1.82) is 0 Å². The van der Waals surface area contributed by atoms with Gasteiger partial charge in [0.25, 0.3) is 0 Å². The first kappa shape index (κ1) is 18.2. The lowest BCUT2D eigenvalue weighted by Crippen LogP contribution is -2.29. The smallest absolute Gasteiger partial charge is 0.235 e. The Labute approximate surface area is 172 Å². The quantitative estimate of drug-likeness (QED) is 0.560. The molecule has 3 aliphatic heterocycles. The fourth-order valence-corrected chi connectivity index (χ4v) is 6.86. The van der Waals surface area contributed by atoms with E-state index in [4.69, 9.17) is 0 Å². The normalized spacial score (nSPS) is 27.9. The molecule has 0 N–H and O–H groups in total. The number of anilines is 1. The standard InChI is InChI=1S/C21H22N2O3S2/c24-19-17(13-5-7-15(27-13)22-9-1-2-10-22)20(25)21(26)18(19)14-6-8-16(28-14)23-11-3-4-12-23/h5-8,13,17H,1-4,9-12H2. The average molecular weight is 415 g/mol. The van der Waals surface area contributed by atoms with Gasteiger partial charge < -0.3 is 10.0 Å². The molecule has 4 aliphatic rings. The van der Waals surface area contributed by atoms with Crippen LogP contribution in [0.1, 0.15) is 30.6 Å². The summed E-state index contributed by atoms with van der Waals surface area (Å²) in [5.41, 5.74) is 0.106. The predicted octanol–water partition coefficient (Wildman–Crippen LogP) is 2.06. The van der Waals surface area contributed by atoms with Gasteiger partial charge in [0, 0.05) is 47.7 Å². The van der Waals surface area contributed by atoms with Gasteiger partial charge in [0.05, 0.1) is 10.9 Å². The predicted molar refractivity (Wildman–Crippen MR) is 111 cm³/mol. The highest BCUT2D eigenvalue weighted by Gasteiger charge is 2.43. The van der Waals surface area contributed by atoms with Gasteiger partial charge in [0.15, 0.2) is 0 Å². The van der Waals surface area contributed by atoms with Crippen LogP contribution < -0.4 is 10.0 Å². The van der Waals surface area contributed by atoms with E-state index in [9.17, 15) is 14.7 Å². The van der Waals surface area contributed by atoms with Crippen molar-refractivity contribution in [3.8, 4) is 0 Å². The lowest BCUT2D eigenvalue weighted by atomic mass is 10.0. The topological polar surface area (TPSA) is 63.4 Å². The SMILES string of the molecule is O=C1C(=O)C(C2C=CC(=[N+]3CCCC3)S2)C([O-])=C1c1ccc(N2CCCC2)s1. The molecular formula is C21H22N2O3S2. The highest BCUT2D eigenvalue weighted by atomic mass is 32.2. The zero-order valence-electron chi connectivity index (χ0n) is 15.6. The molecule has 2 atom stereocenters. The number of hydrogen-bond donors (Lipinski definition) is 0. The molecule has 0 saturated carbocycles. The summed E-state index contributed by atoms with van der Waals surface area (Å²) in [5, 5.41) is 15.0. The molecule has 0 radical (unpaired) electrons. The van der Waals surface area contributed by atoms with Crippen molar-refractivity contribution < 1.29 is 19.3 Å². The maximum atomic E-state index is 13.1. The zero-order valence-corrected chi connectivity index (χ0v) is 17.2. The fraction of sp³-hybridized carbons (Fsp3) is 0.476. The number of thioether (sulfide) groups is 1. The van der Waals surface area contributed by atoms with E-state index in [1.807, 2.05) is 24.3 Å². The Morgan fingerprint density at radius 2 is 1.82 bits per heavy atom. The molecule has 4 heterocycles. The Morgan fingerprint density at radius 1 is 1.07 bits per heavy atom. The average Bonchev–Trinajstić information content (AvgIpc) is 3.49. The minimum absolute atomic E-state index is 0.106. The van der Waals surface area contributed by atoms with Crippen molar-refractivity contribution in [3.63, 3.8) is 0 Å². The Bertz CT molecular complexity index is 929. The molecule has 1 aromatic heterocycles. The lowest BCUT2D eigenvalue weighted by Gasteiger charge is -2.21. The van der Waals surface area contributed by atoms with Crippen LogP contribution in [0, 0.1) is 5.92 Å². The Hall–Kier alpha value is -1.86. The summed E-state index contributed by atoms with van der Waals surface area (Å²) in [4.78, 5) is 28.3. The van der Waals surface area contributed by atoms with Crippen LogP contribution in [0.3, 0.4) is 0 Å². The third kappa shape index (κ3) is 2.95. The minimum Gasteiger partial charge on any atom is -0.874 e. The first-order chi connectivity index (χ1) is 13.6. The van der Waals surface area contributed by atoms with E-state index >= 15 is 0 Å². The van der Waals surface area contributed by atoms with Crippen molar-refractivity contribution in [3.05, 3.63) is 34.9 Å². The maximum absolute atomic E-state index is 13.1. The van der Waals surface area contributed by atoms with Crippen LogP contribution in [-0.2, 0) is 9.59 Å². The molecule has 7 heteroatoms. The third-order valence-corrected chi connectivity index (χ3v) is 8.45. The summed E-state index contributed by atoms with van der Waals surface area (Å²) < 4.78 is 2.30. The van der Waals surface area contributed by atoms with Crippen molar-refractivity contribution in [1.82, 2.24) is 0 Å². The van der Waals surface area contributed by atoms with Gasteiger partial charge in [0.1, 0.15) is 13.1 Å². The van der Waals surface area contributed by atoms with Gasteiger partial charge in [-0.15, -0.1) is 17.1 Å². The van der Waals surface area contributed by atoms with Crippen LogP contribution in [0.5, 0.6) is 0 Å². The summed E-state index contributed by atoms with van der Waals surface area (Å²) in [7, 11) is 0. The summed E-state index contributed by atoms with van der Waals surface area (Å²) in [6, 6.07) is 3.80. The van der Waals surface area contributed by atoms with Gasteiger partial charge in [0.2, 0.25) is 16.6 Å². The summed E-state index contributed by atoms with van der Waals surface area (Å²) in [5.74, 6) is -2.31. The molecule has 0 spiro atoms. The first-order valence-electron chi connectivity index (χ1n) is 9.95. The first-order valence-corrected chi connectivity index (χ1v) is 11.6. The molecule has 2 fully saturated rings. The van der Waals surface area contributed by atoms with Crippen LogP contribution in [0.4, 0.5) is 5.00 Å². The number of Topliss-reactive ketones (excluding diaryl/α,β-unsaturated/α-hetero) is 2. The molecule has 1 aromatic rings. The number of ketones is 2. The molecule has 28 heavy (non-hydrogen) atoms. The van der Waals surface area contributed by atoms with Crippen LogP contribution in [0.2, 0.25) is 0 Å². The minimum atomic E-state index is -0.874. The fourth-order valence-electron chi connectivity index (χ4n) is 4.44. The second kappa shape index (κ2) is 7.19. The summed E-state index contributed by atoms with van der Waals surface area (Å²) >= 11 is 3.02. The molecule has 0 bridgehead atoms. The zero-order chi connectivity index (χ0) is 19.3. The molecule has 1 aliphatic carbocycles. The number of carbonyl (C=O) groups is 2. The van der Waals surface area contributed by atoms with E-state index in [1.54, 1.807) is 11.8 Å². The van der Waals surface area contributed by atoms with E-state index in [1.165, 1.54) is 37.0 Å². The molecule has 5 nitrogen and oxygen atoms in total. The second-order valence-electron chi connectivity index (χ2n) is 7.72. The van der Waals surface area contributed by atoms with Gasteiger partial charge in [-0.1, -0.05) is 6.08 Å². The number of rotatable bonds is 3. The maximum Gasteiger partial charge on any atom is 0.235 e. The van der Waals surface area contributed by atoms with Crippen molar-refractivity contribution in [2.24, 2.45) is 5.92 Å². The highest BCUT2D eigenvalue weighted by Crippen LogP contribution is 2.42. The van der Waals surface area contributed by atoms with E-state index in [0.717, 1.165) is 36.2 Å². The van der Waals surface area contributed by atoms with Gasteiger partial charge in [-0.3, -0.25) is 9.59 Å². The van der Waals surface area contributed by atoms with E-state index < -0.39 is 17.5 Å². The van der Waals surface area contributed by atoms with Gasteiger partial charge >= 0.3 is 0 Å². The third-order valence-electron chi connectivity index (χ3n) is 5.95. The Morgan fingerprint density at radius 3 is 2.57 bits per heavy atom. The summed E-state index contributed by atoms with van der Waals surface area (Å²) in [6.45, 7) is 4.07. The Kier molecular flexibility index (Phi) is 4.67. The van der Waals surface area contributed by atoms with E-state index in [-0.39, 0.29) is 16.6 Å². The molecule has 5 rings (SSSR count). The van der Waals surface area contributed by atoms with Crippen LogP contribution >= 0.6 is 23.1 Å². The molecule has 0 amide bonds. The monoisotopic (exact) mass is 414 g/mol. The van der Waals surface area contributed by atoms with Gasteiger partial charge in [-0.2, -0.15) is 0 Å². The number of hydrogen-bond acceptors (Lipinski definition) is 6. The highest BCUT2D eigenvalue weighted by molar-refractivity contribution is 8.15. The number of carbonyl (C=O) groups excluding carboxylic acids is 2. The van der Waals surface area contributed by atoms with Crippen molar-refractivity contribution in [2.45, 2.75) is 30.9 Å². The van der Waals surface area contributed by atoms with Crippen molar-refractivity contribution in [2.75, 3.05) is 31.1 Å². The second-order valence-corrected chi connectivity index (χ2v) is 9.98. The molecule has 2 unspecified atom stereocenters. The van der Waals surface area contributed by atoms with Crippen LogP contribution in [0.15, 0.2) is 30.0 Å². The Balaban J connectivity index is 1.42. The van der Waals surface area contributed by atoms with Crippen LogP contribution in [-0.4, -0.2) is 52.6 Å². The van der Waals surface area contributed by atoms with Gasteiger partial charge in [-0.25, -0.2) is 4.58 Å². The summed E-state index contributed by atoms with van der Waals surface area (Å²) in [6.07, 6.45) is 8.64. The number of nitrogens with zero attached hydrogens (tertiary/aromatic N) is 2. The van der Waals surface area contributed by atoms with E-state index in [0.29, 0.717) is 4.88 Å². The van der Waals surface area contributed by atoms with E-state index in [2.05, 4.69) is 9.48 Å². The molecule has 146 valence electrons. The number of allylic oxidation sites excluding steroid dienone is 2. The largest absolute Gasteiger partial charge is 0.874 e. The van der Waals surface area contributed by atoms with Gasteiger partial charge in [-0.05, 0) is 36.7 Å². The number of thiophene rings is 1. The molecule has 0 aromatic carbocycles. The molecular weight excluding hydrogens is 392 g/mol. The lowest BCUT2D eigenvalue weighted by molar-refractivity contribution is -0.502. The van der Waals surface area contributed by atoms with Crippen LogP contribution in [0.25, 0.3) is 5.57 Å². The molecule has 2 saturated heterocycles. The van der Waals surface area contributed by atoms with Crippen molar-refractivity contribution >= 4 is 50.3 Å².